The summed E-state index contributed by atoms with van der Waals surface area (Å²) in [5.41, 5.74) is 0.730. The molecule has 1 rings (SSSR count). The maximum absolute atomic E-state index is 14.0. The highest BCUT2D eigenvalue weighted by molar-refractivity contribution is 7.89. The van der Waals surface area contributed by atoms with E-state index in [1.165, 1.54) is 12.1 Å². The van der Waals surface area contributed by atoms with Gasteiger partial charge in [-0.1, -0.05) is 39.7 Å². The summed E-state index contributed by atoms with van der Waals surface area (Å²) in [6.45, 7) is 7.62. The summed E-state index contributed by atoms with van der Waals surface area (Å²) in [6, 6.07) is 4.24. The molecule has 0 saturated carbocycles. The van der Waals surface area contributed by atoms with Gasteiger partial charge in [-0.3, -0.25) is 0 Å². The van der Waals surface area contributed by atoms with Crippen LogP contribution in [0.4, 0.5) is 4.39 Å². The average molecular weight is 316 g/mol. The second-order valence-electron chi connectivity index (χ2n) is 5.08. The van der Waals surface area contributed by atoms with Gasteiger partial charge in [0, 0.05) is 13.1 Å². The van der Waals surface area contributed by atoms with E-state index in [1.54, 1.807) is 6.07 Å². The van der Waals surface area contributed by atoms with Crippen molar-refractivity contribution in [3.63, 3.8) is 0 Å². The van der Waals surface area contributed by atoms with Gasteiger partial charge in [0.15, 0.2) is 0 Å². The van der Waals surface area contributed by atoms with Crippen LogP contribution in [0.1, 0.15) is 39.2 Å². The smallest absolute Gasteiger partial charge is 0.243 e. The highest BCUT2D eigenvalue weighted by atomic mass is 32.2. The lowest BCUT2D eigenvalue weighted by Crippen LogP contribution is -2.29. The average Bonchev–Trinajstić information content (AvgIpc) is 2.46. The molecule has 0 aliphatic rings. The van der Waals surface area contributed by atoms with Crippen molar-refractivity contribution >= 4 is 10.0 Å². The highest BCUT2D eigenvalue weighted by Gasteiger charge is 2.20. The molecule has 0 heterocycles. The Labute approximate surface area is 127 Å². The van der Waals surface area contributed by atoms with Crippen molar-refractivity contribution in [1.29, 1.82) is 0 Å². The standard InChI is InChI=1S/C15H25FN2O2S/c1-4-12(5-2)11-18-21(19,20)15-8-7-13(9-14(15)16)10-17-6-3/h7-9,12,17-18H,4-6,10-11H2,1-3H3. The van der Waals surface area contributed by atoms with Crippen LogP contribution in [0.15, 0.2) is 23.1 Å². The minimum atomic E-state index is -3.79. The van der Waals surface area contributed by atoms with Crippen LogP contribution in [0.3, 0.4) is 0 Å². The lowest BCUT2D eigenvalue weighted by atomic mass is 10.0. The minimum absolute atomic E-state index is 0.274. The topological polar surface area (TPSA) is 58.2 Å². The van der Waals surface area contributed by atoms with E-state index in [4.69, 9.17) is 0 Å². The molecule has 0 aliphatic heterocycles. The summed E-state index contributed by atoms with van der Waals surface area (Å²) in [5, 5.41) is 3.07. The van der Waals surface area contributed by atoms with Crippen molar-refractivity contribution in [3.8, 4) is 0 Å². The van der Waals surface area contributed by atoms with Crippen LogP contribution in [0.5, 0.6) is 0 Å². The Kier molecular flexibility index (Phi) is 7.28. The van der Waals surface area contributed by atoms with Gasteiger partial charge in [0.1, 0.15) is 10.7 Å². The van der Waals surface area contributed by atoms with Crippen LogP contribution >= 0.6 is 0 Å². The van der Waals surface area contributed by atoms with Gasteiger partial charge in [0.2, 0.25) is 10.0 Å². The number of hydrogen-bond acceptors (Lipinski definition) is 3. The fourth-order valence-corrected chi connectivity index (χ4v) is 3.20. The van der Waals surface area contributed by atoms with Crippen LogP contribution in [0.25, 0.3) is 0 Å². The Balaban J connectivity index is 2.83. The van der Waals surface area contributed by atoms with Gasteiger partial charge < -0.3 is 5.32 Å². The summed E-state index contributed by atoms with van der Waals surface area (Å²) in [7, 11) is -3.79. The summed E-state index contributed by atoms with van der Waals surface area (Å²) in [6.07, 6.45) is 1.78. The van der Waals surface area contributed by atoms with Crippen molar-refractivity contribution < 1.29 is 12.8 Å². The van der Waals surface area contributed by atoms with Gasteiger partial charge in [-0.25, -0.2) is 17.5 Å². The summed E-state index contributed by atoms with van der Waals surface area (Å²) in [5.74, 6) is -0.432. The Morgan fingerprint density at radius 3 is 2.38 bits per heavy atom. The zero-order valence-electron chi connectivity index (χ0n) is 12.9. The molecule has 0 bridgehead atoms. The molecule has 1 aromatic rings. The van der Waals surface area contributed by atoms with Gasteiger partial charge in [-0.05, 0) is 30.2 Å². The SMILES string of the molecule is CCNCc1ccc(S(=O)(=O)NCC(CC)CC)c(F)c1. The second kappa shape index (κ2) is 8.46. The largest absolute Gasteiger partial charge is 0.313 e. The van der Waals surface area contributed by atoms with Crippen molar-refractivity contribution in [1.82, 2.24) is 10.0 Å². The number of benzene rings is 1. The van der Waals surface area contributed by atoms with E-state index in [2.05, 4.69) is 10.0 Å². The van der Waals surface area contributed by atoms with E-state index in [1.807, 2.05) is 20.8 Å². The van der Waals surface area contributed by atoms with Gasteiger partial charge in [-0.2, -0.15) is 0 Å². The van der Waals surface area contributed by atoms with Crippen LogP contribution in [-0.2, 0) is 16.6 Å². The Hall–Kier alpha value is -0.980. The van der Waals surface area contributed by atoms with Crippen molar-refractivity contribution in [3.05, 3.63) is 29.6 Å². The molecule has 1 aromatic carbocycles. The molecule has 21 heavy (non-hydrogen) atoms. The third-order valence-electron chi connectivity index (χ3n) is 3.58. The quantitative estimate of drug-likeness (QED) is 0.736. The molecule has 4 nitrogen and oxygen atoms in total. The van der Waals surface area contributed by atoms with E-state index in [9.17, 15) is 12.8 Å². The first-order valence-electron chi connectivity index (χ1n) is 7.43. The molecule has 0 fully saturated rings. The van der Waals surface area contributed by atoms with Crippen LogP contribution in [0.2, 0.25) is 0 Å². The lowest BCUT2D eigenvalue weighted by molar-refractivity contribution is 0.477. The van der Waals surface area contributed by atoms with Gasteiger partial charge in [-0.15, -0.1) is 0 Å². The molecule has 0 spiro atoms. The monoisotopic (exact) mass is 316 g/mol. The molecule has 120 valence electrons. The maximum atomic E-state index is 14.0. The molecular weight excluding hydrogens is 291 g/mol. The fraction of sp³-hybridized carbons (Fsp3) is 0.600. The van der Waals surface area contributed by atoms with Crippen LogP contribution in [0, 0.1) is 11.7 Å². The van der Waals surface area contributed by atoms with E-state index in [0.717, 1.165) is 24.9 Å². The summed E-state index contributed by atoms with van der Waals surface area (Å²) >= 11 is 0. The Bertz CT molecular complexity index is 543. The van der Waals surface area contributed by atoms with Crippen molar-refractivity contribution in [2.24, 2.45) is 5.92 Å². The first-order valence-corrected chi connectivity index (χ1v) is 8.91. The second-order valence-corrected chi connectivity index (χ2v) is 6.81. The summed E-state index contributed by atoms with van der Waals surface area (Å²) < 4.78 is 40.8. The maximum Gasteiger partial charge on any atom is 0.243 e. The number of hydrogen-bond donors (Lipinski definition) is 2. The van der Waals surface area contributed by atoms with Crippen LogP contribution in [-0.4, -0.2) is 21.5 Å². The zero-order valence-corrected chi connectivity index (χ0v) is 13.8. The molecule has 0 saturated heterocycles. The number of rotatable bonds is 9. The van der Waals surface area contributed by atoms with Gasteiger partial charge in [0.05, 0.1) is 0 Å². The van der Waals surface area contributed by atoms with E-state index < -0.39 is 15.8 Å². The van der Waals surface area contributed by atoms with Crippen molar-refractivity contribution in [2.45, 2.75) is 45.1 Å². The molecule has 2 N–H and O–H groups in total. The molecule has 0 atom stereocenters. The molecule has 0 aliphatic carbocycles. The minimum Gasteiger partial charge on any atom is -0.313 e. The predicted molar refractivity (Wildman–Crippen MR) is 83.0 cm³/mol. The Morgan fingerprint density at radius 2 is 1.86 bits per heavy atom. The zero-order chi connectivity index (χ0) is 15.9. The van der Waals surface area contributed by atoms with Gasteiger partial charge in [0.25, 0.3) is 0 Å². The molecular formula is C15H25FN2O2S. The molecule has 6 heteroatoms. The van der Waals surface area contributed by atoms with Crippen molar-refractivity contribution in [2.75, 3.05) is 13.1 Å². The predicted octanol–water partition coefficient (Wildman–Crippen LogP) is 2.65. The molecule has 0 aromatic heterocycles. The number of halogens is 1. The molecule has 0 unspecified atom stereocenters. The lowest BCUT2D eigenvalue weighted by Gasteiger charge is -2.14. The fourth-order valence-electron chi connectivity index (χ4n) is 2.02. The normalized spacial score (nSPS) is 12.0. The molecule has 0 radical (unpaired) electrons. The van der Waals surface area contributed by atoms with E-state index >= 15 is 0 Å². The number of nitrogens with one attached hydrogen (secondary N) is 2. The van der Waals surface area contributed by atoms with E-state index in [0.29, 0.717) is 13.1 Å². The molecule has 0 amide bonds. The first-order chi connectivity index (χ1) is 9.94. The third-order valence-corrected chi connectivity index (χ3v) is 5.04. The Morgan fingerprint density at radius 1 is 1.19 bits per heavy atom. The van der Waals surface area contributed by atoms with Crippen LogP contribution < -0.4 is 10.0 Å². The number of sulfonamides is 1. The summed E-state index contributed by atoms with van der Waals surface area (Å²) in [4.78, 5) is -0.284. The van der Waals surface area contributed by atoms with E-state index in [-0.39, 0.29) is 10.8 Å². The first kappa shape index (κ1) is 18.1. The van der Waals surface area contributed by atoms with Gasteiger partial charge >= 0.3 is 0 Å². The highest BCUT2D eigenvalue weighted by Crippen LogP contribution is 2.17. The third kappa shape index (κ3) is 5.37.